The highest BCUT2D eigenvalue weighted by molar-refractivity contribution is 8.15. The van der Waals surface area contributed by atoms with Crippen LogP contribution in [0.5, 0.6) is 0 Å². The number of amidine groups is 1. The summed E-state index contributed by atoms with van der Waals surface area (Å²) in [7, 11) is 0. The first-order valence-electron chi connectivity index (χ1n) is 4.90. The zero-order valence-corrected chi connectivity index (χ0v) is 9.71. The van der Waals surface area contributed by atoms with E-state index in [-0.39, 0.29) is 17.6 Å². The van der Waals surface area contributed by atoms with Crippen molar-refractivity contribution in [2.24, 2.45) is 10.7 Å². The minimum Gasteiger partial charge on any atom is -0.370 e. The van der Waals surface area contributed by atoms with Gasteiger partial charge in [-0.25, -0.2) is 0 Å². The quantitative estimate of drug-likeness (QED) is 0.748. The molecule has 0 unspecified atom stereocenters. The van der Waals surface area contributed by atoms with E-state index in [1.165, 1.54) is 11.8 Å². The number of hydrogen-bond acceptors (Lipinski definition) is 4. The fourth-order valence-electron chi connectivity index (χ4n) is 1.37. The third kappa shape index (κ3) is 2.71. The molecule has 1 heterocycles. The minimum atomic E-state index is -0.449. The summed E-state index contributed by atoms with van der Waals surface area (Å²) in [5, 5.41) is 0.323. The largest absolute Gasteiger partial charge is 0.370 e. The lowest BCUT2D eigenvalue weighted by molar-refractivity contribution is -0.128. The molecular formula is C9H15N3O2S. The zero-order chi connectivity index (χ0) is 11.4. The number of carbonyl (C=O) groups is 2. The normalized spacial score (nSPS) is 23.9. The first-order chi connectivity index (χ1) is 7.10. The molecule has 84 valence electrons. The molecule has 5 nitrogen and oxygen atoms in total. The minimum absolute atomic E-state index is 0.0616. The van der Waals surface area contributed by atoms with Gasteiger partial charge in [0.05, 0.1) is 0 Å². The number of primary amides is 1. The SMILES string of the molecule is CCN=C1S[C@H](CC(N)=O)C(=O)N1CC. The van der Waals surface area contributed by atoms with Gasteiger partial charge in [0.2, 0.25) is 11.8 Å². The average molecular weight is 229 g/mol. The van der Waals surface area contributed by atoms with Crippen LogP contribution in [0.25, 0.3) is 0 Å². The van der Waals surface area contributed by atoms with Crippen LogP contribution in [0.15, 0.2) is 4.99 Å². The summed E-state index contributed by atoms with van der Waals surface area (Å²) in [4.78, 5) is 28.3. The van der Waals surface area contributed by atoms with E-state index >= 15 is 0 Å². The third-order valence-electron chi connectivity index (χ3n) is 2.02. The maximum Gasteiger partial charge on any atom is 0.242 e. The maximum absolute atomic E-state index is 11.8. The number of aliphatic imine (C=N–C) groups is 1. The molecule has 0 aromatic heterocycles. The molecule has 0 aromatic carbocycles. The summed E-state index contributed by atoms with van der Waals surface area (Å²) < 4.78 is 0. The number of carbonyl (C=O) groups excluding carboxylic acids is 2. The van der Waals surface area contributed by atoms with E-state index in [0.29, 0.717) is 18.3 Å². The van der Waals surface area contributed by atoms with E-state index in [2.05, 4.69) is 4.99 Å². The van der Waals surface area contributed by atoms with Gasteiger partial charge >= 0.3 is 0 Å². The van der Waals surface area contributed by atoms with E-state index in [4.69, 9.17) is 5.73 Å². The Hall–Kier alpha value is -1.04. The molecule has 1 saturated heterocycles. The van der Waals surface area contributed by atoms with E-state index in [9.17, 15) is 9.59 Å². The molecule has 0 aliphatic carbocycles. The fourth-order valence-corrected chi connectivity index (χ4v) is 2.65. The topological polar surface area (TPSA) is 75.8 Å². The van der Waals surface area contributed by atoms with E-state index < -0.39 is 5.91 Å². The Balaban J connectivity index is 2.78. The molecule has 15 heavy (non-hydrogen) atoms. The number of nitrogens with two attached hydrogens (primary N) is 1. The number of rotatable bonds is 4. The van der Waals surface area contributed by atoms with Gasteiger partial charge in [0.1, 0.15) is 5.25 Å². The van der Waals surface area contributed by atoms with Gasteiger partial charge in [-0.05, 0) is 13.8 Å². The fraction of sp³-hybridized carbons (Fsp3) is 0.667. The Bertz CT molecular complexity index is 304. The summed E-state index contributed by atoms with van der Waals surface area (Å²) in [5.74, 6) is -0.511. The highest BCUT2D eigenvalue weighted by atomic mass is 32.2. The standard InChI is InChI=1S/C9H15N3O2S/c1-3-11-9-12(4-2)8(14)6(15-9)5-7(10)13/h6H,3-5H2,1-2H3,(H2,10,13)/t6-/m1/s1. The van der Waals surface area contributed by atoms with E-state index in [1.807, 2.05) is 13.8 Å². The van der Waals surface area contributed by atoms with Gasteiger partial charge in [0.25, 0.3) is 0 Å². The maximum atomic E-state index is 11.8. The Morgan fingerprint density at radius 2 is 2.27 bits per heavy atom. The first kappa shape index (κ1) is 12.0. The van der Waals surface area contributed by atoms with Crippen molar-refractivity contribution in [2.75, 3.05) is 13.1 Å². The summed E-state index contributed by atoms with van der Waals surface area (Å²) in [6.45, 7) is 5.01. The second-order valence-electron chi connectivity index (χ2n) is 3.12. The number of hydrogen-bond donors (Lipinski definition) is 1. The first-order valence-corrected chi connectivity index (χ1v) is 5.78. The highest BCUT2D eigenvalue weighted by Gasteiger charge is 2.37. The average Bonchev–Trinajstić information content (AvgIpc) is 2.43. The molecule has 2 N–H and O–H groups in total. The second kappa shape index (κ2) is 5.16. The number of amides is 2. The Labute approximate surface area is 93.1 Å². The van der Waals surface area contributed by atoms with Gasteiger partial charge in [0.15, 0.2) is 5.17 Å². The molecule has 0 saturated carbocycles. The Morgan fingerprint density at radius 1 is 1.60 bits per heavy atom. The van der Waals surface area contributed by atoms with Gasteiger partial charge < -0.3 is 5.73 Å². The third-order valence-corrected chi connectivity index (χ3v) is 3.23. The van der Waals surface area contributed by atoms with Crippen LogP contribution >= 0.6 is 11.8 Å². The Kier molecular flexibility index (Phi) is 4.14. The molecule has 2 amide bonds. The second-order valence-corrected chi connectivity index (χ2v) is 4.29. The number of thioether (sulfide) groups is 1. The van der Waals surface area contributed by atoms with Crippen molar-refractivity contribution in [3.8, 4) is 0 Å². The molecule has 1 atom stereocenters. The van der Waals surface area contributed by atoms with Crippen molar-refractivity contribution >= 4 is 28.7 Å². The van der Waals surface area contributed by atoms with Crippen LogP contribution in [-0.4, -0.2) is 40.2 Å². The molecular weight excluding hydrogens is 214 g/mol. The summed E-state index contributed by atoms with van der Waals surface area (Å²) in [5.41, 5.74) is 5.08. The van der Waals surface area contributed by atoms with Crippen LogP contribution in [0.2, 0.25) is 0 Å². The molecule has 0 aromatic rings. The van der Waals surface area contributed by atoms with Gasteiger partial charge in [-0.3, -0.25) is 19.5 Å². The van der Waals surface area contributed by atoms with Crippen molar-refractivity contribution in [3.05, 3.63) is 0 Å². The van der Waals surface area contributed by atoms with Gasteiger partial charge in [-0.2, -0.15) is 0 Å². The predicted octanol–water partition coefficient (Wildman–Crippen LogP) is 0.202. The van der Waals surface area contributed by atoms with Crippen LogP contribution in [0.4, 0.5) is 0 Å². The molecule has 6 heteroatoms. The molecule has 0 bridgehead atoms. The van der Waals surface area contributed by atoms with Crippen LogP contribution in [0.1, 0.15) is 20.3 Å². The van der Waals surface area contributed by atoms with E-state index in [1.54, 1.807) is 4.90 Å². The van der Waals surface area contributed by atoms with Crippen molar-refractivity contribution in [2.45, 2.75) is 25.5 Å². The molecule has 0 spiro atoms. The molecule has 1 fully saturated rings. The monoisotopic (exact) mass is 229 g/mol. The van der Waals surface area contributed by atoms with Crippen LogP contribution in [0.3, 0.4) is 0 Å². The van der Waals surface area contributed by atoms with Crippen molar-refractivity contribution in [3.63, 3.8) is 0 Å². The molecule has 0 radical (unpaired) electrons. The molecule has 1 aliphatic heterocycles. The van der Waals surface area contributed by atoms with Crippen molar-refractivity contribution in [1.82, 2.24) is 4.90 Å². The Morgan fingerprint density at radius 3 is 2.73 bits per heavy atom. The number of nitrogens with zero attached hydrogens (tertiary/aromatic N) is 2. The zero-order valence-electron chi connectivity index (χ0n) is 8.90. The van der Waals surface area contributed by atoms with Gasteiger partial charge in [-0.15, -0.1) is 0 Å². The summed E-state index contributed by atoms with van der Waals surface area (Å²) in [6, 6.07) is 0. The van der Waals surface area contributed by atoms with Crippen molar-refractivity contribution < 1.29 is 9.59 Å². The highest BCUT2D eigenvalue weighted by Crippen LogP contribution is 2.28. The predicted molar refractivity (Wildman–Crippen MR) is 60.6 cm³/mol. The van der Waals surface area contributed by atoms with E-state index in [0.717, 1.165) is 0 Å². The van der Waals surface area contributed by atoms with Gasteiger partial charge in [-0.1, -0.05) is 11.8 Å². The van der Waals surface area contributed by atoms with Gasteiger partial charge in [0, 0.05) is 19.5 Å². The van der Waals surface area contributed by atoms with Crippen LogP contribution in [0, 0.1) is 0 Å². The summed E-state index contributed by atoms with van der Waals surface area (Å²) in [6.07, 6.45) is 0.0860. The smallest absolute Gasteiger partial charge is 0.242 e. The van der Waals surface area contributed by atoms with Crippen LogP contribution in [-0.2, 0) is 9.59 Å². The summed E-state index contributed by atoms with van der Waals surface area (Å²) >= 11 is 1.33. The van der Waals surface area contributed by atoms with Crippen molar-refractivity contribution in [1.29, 1.82) is 0 Å². The molecule has 1 aliphatic rings. The lowest BCUT2D eigenvalue weighted by Crippen LogP contribution is -2.33. The van der Waals surface area contributed by atoms with Crippen LogP contribution < -0.4 is 5.73 Å². The lowest BCUT2D eigenvalue weighted by Gasteiger charge is -2.12. The molecule has 1 rings (SSSR count). The lowest BCUT2D eigenvalue weighted by atomic mass is 10.2.